The number of aromatic carboxylic acids is 1. The van der Waals surface area contributed by atoms with Crippen LogP contribution in [0.3, 0.4) is 0 Å². The van der Waals surface area contributed by atoms with Crippen LogP contribution in [-0.4, -0.2) is 35.6 Å². The van der Waals surface area contributed by atoms with E-state index >= 15 is 0 Å². The summed E-state index contributed by atoms with van der Waals surface area (Å²) in [6.07, 6.45) is 0.0309. The lowest BCUT2D eigenvalue weighted by atomic mass is 10.3. The van der Waals surface area contributed by atoms with Gasteiger partial charge in [-0.3, -0.25) is 0 Å². The highest BCUT2D eigenvalue weighted by Crippen LogP contribution is 2.22. The summed E-state index contributed by atoms with van der Waals surface area (Å²) >= 11 is 0. The Kier molecular flexibility index (Phi) is 3.04. The summed E-state index contributed by atoms with van der Waals surface area (Å²) in [5.41, 5.74) is -0.824. The fraction of sp³-hybridized carbons (Fsp3) is 0.333. The third kappa shape index (κ3) is 2.06. The van der Waals surface area contributed by atoms with Crippen molar-refractivity contribution in [2.24, 2.45) is 7.05 Å². The molecule has 0 aliphatic carbocycles. The number of hydrogen-bond acceptors (Lipinski definition) is 4. The van der Waals surface area contributed by atoms with E-state index < -0.39 is 23.8 Å². The monoisotopic (exact) mass is 257 g/mol. The van der Waals surface area contributed by atoms with E-state index in [9.17, 15) is 13.6 Å². The molecule has 0 fully saturated rings. The molecule has 2 rings (SSSR count). The number of hydrogen-bond donors (Lipinski definition) is 1. The van der Waals surface area contributed by atoms with Crippen molar-refractivity contribution in [2.45, 2.75) is 13.0 Å². The quantitative estimate of drug-likeness (QED) is 0.871. The Hall–Kier alpha value is -2.32. The predicted molar refractivity (Wildman–Crippen MR) is 54.2 cm³/mol. The van der Waals surface area contributed by atoms with Crippen LogP contribution < -0.4 is 0 Å². The van der Waals surface area contributed by atoms with E-state index in [1.165, 1.54) is 12.5 Å². The molecule has 0 aliphatic rings. The molecule has 0 bridgehead atoms. The first-order chi connectivity index (χ1) is 8.50. The molecular weight excluding hydrogens is 248 g/mol. The van der Waals surface area contributed by atoms with E-state index in [2.05, 4.69) is 15.3 Å². The minimum atomic E-state index is -2.96. The number of alkyl halides is 2. The molecule has 96 valence electrons. The van der Waals surface area contributed by atoms with Gasteiger partial charge >= 0.3 is 5.97 Å². The molecule has 2 aromatic heterocycles. The van der Waals surface area contributed by atoms with Crippen molar-refractivity contribution in [1.82, 2.24) is 24.5 Å². The average molecular weight is 257 g/mol. The molecule has 18 heavy (non-hydrogen) atoms. The number of aryl methyl sites for hydroxylation is 1. The Morgan fingerprint density at radius 2 is 2.28 bits per heavy atom. The standard InChI is InChI=1S/C9H9F2N5O2/c1-15-4-12-2-5(15)3-16-7(8(10)11)6(9(17)18)13-14-16/h2,4,8H,3H2,1H3,(H,17,18). The van der Waals surface area contributed by atoms with Crippen LogP contribution in [0.4, 0.5) is 8.78 Å². The van der Waals surface area contributed by atoms with Crippen LogP contribution in [-0.2, 0) is 13.6 Å². The van der Waals surface area contributed by atoms with Crippen molar-refractivity contribution < 1.29 is 18.7 Å². The van der Waals surface area contributed by atoms with E-state index in [0.717, 1.165) is 4.68 Å². The second kappa shape index (κ2) is 4.51. The van der Waals surface area contributed by atoms with Gasteiger partial charge in [0.25, 0.3) is 6.43 Å². The van der Waals surface area contributed by atoms with Gasteiger partial charge in [0, 0.05) is 7.05 Å². The van der Waals surface area contributed by atoms with Crippen LogP contribution in [0.5, 0.6) is 0 Å². The summed E-state index contributed by atoms with van der Waals surface area (Å²) in [5.74, 6) is -1.53. The number of imidazole rings is 1. The number of nitrogens with zero attached hydrogens (tertiary/aromatic N) is 5. The van der Waals surface area contributed by atoms with Crippen molar-refractivity contribution in [3.8, 4) is 0 Å². The topological polar surface area (TPSA) is 85.8 Å². The highest BCUT2D eigenvalue weighted by molar-refractivity contribution is 5.86. The lowest BCUT2D eigenvalue weighted by Gasteiger charge is -2.06. The number of aromatic nitrogens is 5. The second-order valence-corrected chi connectivity index (χ2v) is 3.58. The Morgan fingerprint density at radius 1 is 1.56 bits per heavy atom. The SMILES string of the molecule is Cn1cncc1Cn1nnc(C(=O)O)c1C(F)F. The Balaban J connectivity index is 2.40. The highest BCUT2D eigenvalue weighted by atomic mass is 19.3. The summed E-state index contributed by atoms with van der Waals surface area (Å²) in [7, 11) is 1.69. The maximum Gasteiger partial charge on any atom is 0.358 e. The average Bonchev–Trinajstić information content (AvgIpc) is 2.86. The van der Waals surface area contributed by atoms with Crippen LogP contribution in [0.2, 0.25) is 0 Å². The molecule has 7 nitrogen and oxygen atoms in total. The van der Waals surface area contributed by atoms with Gasteiger partial charge in [-0.15, -0.1) is 5.10 Å². The van der Waals surface area contributed by atoms with Gasteiger partial charge in [-0.2, -0.15) is 0 Å². The zero-order valence-corrected chi connectivity index (χ0v) is 9.29. The smallest absolute Gasteiger partial charge is 0.358 e. The van der Waals surface area contributed by atoms with Gasteiger partial charge in [-0.1, -0.05) is 5.21 Å². The largest absolute Gasteiger partial charge is 0.476 e. The van der Waals surface area contributed by atoms with E-state index in [1.807, 2.05) is 0 Å². The van der Waals surface area contributed by atoms with E-state index in [0.29, 0.717) is 5.69 Å². The number of rotatable bonds is 4. The molecule has 0 saturated carbocycles. The van der Waals surface area contributed by atoms with Crippen LogP contribution >= 0.6 is 0 Å². The lowest BCUT2D eigenvalue weighted by Crippen LogP contribution is -2.11. The molecule has 9 heteroatoms. The summed E-state index contributed by atoms with van der Waals surface area (Å²) in [4.78, 5) is 14.6. The summed E-state index contributed by atoms with van der Waals surface area (Å²) in [5, 5.41) is 15.4. The minimum Gasteiger partial charge on any atom is -0.476 e. The van der Waals surface area contributed by atoms with Crippen molar-refractivity contribution in [2.75, 3.05) is 0 Å². The third-order valence-electron chi connectivity index (χ3n) is 2.41. The molecular formula is C9H9F2N5O2. The van der Waals surface area contributed by atoms with Crippen LogP contribution in [0.15, 0.2) is 12.5 Å². The fourth-order valence-corrected chi connectivity index (χ4v) is 1.50. The highest BCUT2D eigenvalue weighted by Gasteiger charge is 2.26. The predicted octanol–water partition coefficient (Wildman–Crippen LogP) is 0.696. The molecule has 1 N–H and O–H groups in total. The Morgan fingerprint density at radius 3 is 2.78 bits per heavy atom. The molecule has 0 aromatic carbocycles. The first-order valence-electron chi connectivity index (χ1n) is 4.90. The first kappa shape index (κ1) is 12.1. The summed E-state index contributed by atoms with van der Waals surface area (Å²) in [6, 6.07) is 0. The molecule has 0 saturated heterocycles. The third-order valence-corrected chi connectivity index (χ3v) is 2.41. The molecule has 2 heterocycles. The molecule has 0 aliphatic heterocycles. The normalized spacial score (nSPS) is 11.1. The van der Waals surface area contributed by atoms with Crippen molar-refractivity contribution >= 4 is 5.97 Å². The van der Waals surface area contributed by atoms with E-state index in [1.54, 1.807) is 11.6 Å². The molecule has 0 amide bonds. The van der Waals surface area contributed by atoms with Gasteiger partial charge in [0.05, 0.1) is 24.8 Å². The molecule has 0 atom stereocenters. The Labute approximate surface area is 99.7 Å². The number of carbonyl (C=O) groups is 1. The molecule has 2 aromatic rings. The fourth-order valence-electron chi connectivity index (χ4n) is 1.50. The maximum absolute atomic E-state index is 12.8. The van der Waals surface area contributed by atoms with Crippen molar-refractivity contribution in [3.63, 3.8) is 0 Å². The van der Waals surface area contributed by atoms with Gasteiger partial charge in [-0.25, -0.2) is 23.2 Å². The van der Waals surface area contributed by atoms with Crippen LogP contribution in [0.1, 0.15) is 28.3 Å². The minimum absolute atomic E-state index is 0.0174. The lowest BCUT2D eigenvalue weighted by molar-refractivity contribution is 0.0675. The van der Waals surface area contributed by atoms with Crippen LogP contribution in [0, 0.1) is 0 Å². The summed E-state index contributed by atoms with van der Waals surface area (Å²) < 4.78 is 28.1. The van der Waals surface area contributed by atoms with Gasteiger partial charge in [0.2, 0.25) is 0 Å². The zero-order valence-electron chi connectivity index (χ0n) is 9.29. The van der Waals surface area contributed by atoms with Gasteiger partial charge in [0.1, 0.15) is 5.69 Å². The number of halogens is 2. The summed E-state index contributed by atoms with van der Waals surface area (Å²) in [6.45, 7) is -0.0174. The Bertz CT molecular complexity index is 577. The second-order valence-electron chi connectivity index (χ2n) is 3.58. The van der Waals surface area contributed by atoms with Crippen molar-refractivity contribution in [1.29, 1.82) is 0 Å². The van der Waals surface area contributed by atoms with Gasteiger partial charge < -0.3 is 9.67 Å². The number of carboxylic acid groups (broad SMARTS) is 1. The van der Waals surface area contributed by atoms with E-state index in [4.69, 9.17) is 5.11 Å². The van der Waals surface area contributed by atoms with Crippen molar-refractivity contribution in [3.05, 3.63) is 29.6 Å². The molecule has 0 spiro atoms. The number of carboxylic acids is 1. The first-order valence-corrected chi connectivity index (χ1v) is 4.90. The van der Waals surface area contributed by atoms with Crippen LogP contribution in [0.25, 0.3) is 0 Å². The van der Waals surface area contributed by atoms with E-state index in [-0.39, 0.29) is 6.54 Å². The zero-order chi connectivity index (χ0) is 13.3. The maximum atomic E-state index is 12.8. The van der Waals surface area contributed by atoms with Gasteiger partial charge in [-0.05, 0) is 0 Å². The molecule has 0 unspecified atom stereocenters. The molecule has 0 radical (unpaired) electrons. The van der Waals surface area contributed by atoms with Gasteiger partial charge in [0.15, 0.2) is 5.69 Å².